The predicted molar refractivity (Wildman–Crippen MR) is 99.4 cm³/mol. The maximum absolute atomic E-state index is 5.85. The number of imidazole rings is 1. The van der Waals surface area contributed by atoms with E-state index in [1.807, 2.05) is 0 Å². The van der Waals surface area contributed by atoms with Gasteiger partial charge in [0.05, 0.1) is 11.4 Å². The van der Waals surface area contributed by atoms with Crippen LogP contribution in [-0.4, -0.2) is 15.9 Å². The first-order valence-corrected chi connectivity index (χ1v) is 9.20. The molecule has 2 heterocycles. The van der Waals surface area contributed by atoms with E-state index < -0.39 is 0 Å². The average Bonchev–Trinajstić information content (AvgIpc) is 3.08. The molecule has 0 aliphatic carbocycles. The molecular formula is C19H25N3S. The topological polar surface area (TPSA) is 43.3 Å². The molecule has 0 saturated carbocycles. The van der Waals surface area contributed by atoms with Crippen LogP contribution in [0.5, 0.6) is 0 Å². The van der Waals surface area contributed by atoms with E-state index in [-0.39, 0.29) is 0 Å². The Morgan fingerprint density at radius 2 is 1.78 bits per heavy atom. The lowest BCUT2D eigenvalue weighted by Crippen LogP contribution is -2.08. The molecule has 2 N–H and O–H groups in total. The van der Waals surface area contributed by atoms with Crippen molar-refractivity contribution in [1.29, 1.82) is 0 Å². The highest BCUT2D eigenvalue weighted by Gasteiger charge is 2.18. The third-order valence-electron chi connectivity index (χ3n) is 4.29. The van der Waals surface area contributed by atoms with Crippen molar-refractivity contribution in [1.82, 2.24) is 9.38 Å². The summed E-state index contributed by atoms with van der Waals surface area (Å²) in [6.07, 6.45) is 0.864. The first-order valence-electron chi connectivity index (χ1n) is 8.32. The first kappa shape index (κ1) is 16.2. The van der Waals surface area contributed by atoms with E-state index in [9.17, 15) is 0 Å². The van der Waals surface area contributed by atoms with Gasteiger partial charge in [0.15, 0.2) is 4.96 Å². The molecule has 3 rings (SSSR count). The van der Waals surface area contributed by atoms with Gasteiger partial charge in [-0.2, -0.15) is 0 Å². The Labute approximate surface area is 142 Å². The molecule has 0 unspecified atom stereocenters. The van der Waals surface area contributed by atoms with E-state index >= 15 is 0 Å². The zero-order valence-corrected chi connectivity index (χ0v) is 15.2. The quantitative estimate of drug-likeness (QED) is 0.730. The second-order valence-electron chi connectivity index (χ2n) is 6.65. The van der Waals surface area contributed by atoms with Crippen molar-refractivity contribution in [2.45, 2.75) is 46.0 Å². The van der Waals surface area contributed by atoms with E-state index in [1.165, 1.54) is 28.2 Å². The van der Waals surface area contributed by atoms with Crippen LogP contribution in [0, 0.1) is 0 Å². The van der Waals surface area contributed by atoms with Crippen LogP contribution in [0.2, 0.25) is 0 Å². The van der Waals surface area contributed by atoms with Gasteiger partial charge >= 0.3 is 0 Å². The molecule has 23 heavy (non-hydrogen) atoms. The molecule has 0 saturated heterocycles. The smallest absolute Gasteiger partial charge is 0.194 e. The summed E-state index contributed by atoms with van der Waals surface area (Å²) in [6.45, 7) is 9.49. The van der Waals surface area contributed by atoms with Gasteiger partial charge in [-0.1, -0.05) is 52.0 Å². The molecule has 0 spiro atoms. The lowest BCUT2D eigenvalue weighted by atomic mass is 10.0. The number of fused-ring (bicyclic) bond motifs is 1. The van der Waals surface area contributed by atoms with Crippen molar-refractivity contribution in [3.05, 3.63) is 46.6 Å². The molecule has 3 nitrogen and oxygen atoms in total. The molecule has 0 fully saturated rings. The fraction of sp³-hybridized carbons (Fsp3) is 0.421. The van der Waals surface area contributed by atoms with Crippen molar-refractivity contribution < 1.29 is 0 Å². The molecule has 0 amide bonds. The minimum Gasteiger partial charge on any atom is -0.330 e. The van der Waals surface area contributed by atoms with Crippen molar-refractivity contribution in [2.75, 3.05) is 6.54 Å². The highest BCUT2D eigenvalue weighted by molar-refractivity contribution is 7.15. The molecule has 4 heteroatoms. The zero-order valence-electron chi connectivity index (χ0n) is 14.3. The Morgan fingerprint density at radius 1 is 1.09 bits per heavy atom. The summed E-state index contributed by atoms with van der Waals surface area (Å²) in [4.78, 5) is 5.92. The lowest BCUT2D eigenvalue weighted by Gasteiger charge is -2.09. The molecule has 1 aromatic carbocycles. The Hall–Kier alpha value is -1.65. The lowest BCUT2D eigenvalue weighted by molar-refractivity contribution is 0.792. The van der Waals surface area contributed by atoms with Crippen LogP contribution in [0.15, 0.2) is 29.6 Å². The Balaban J connectivity index is 2.14. The van der Waals surface area contributed by atoms with Gasteiger partial charge in [-0.15, -0.1) is 11.3 Å². The third kappa shape index (κ3) is 2.93. The van der Waals surface area contributed by atoms with E-state index in [2.05, 4.69) is 61.7 Å². The molecule has 122 valence electrons. The highest BCUT2D eigenvalue weighted by Crippen LogP contribution is 2.32. The maximum Gasteiger partial charge on any atom is 0.194 e. The fourth-order valence-corrected chi connectivity index (χ4v) is 3.93. The summed E-state index contributed by atoms with van der Waals surface area (Å²) >= 11 is 1.71. The van der Waals surface area contributed by atoms with E-state index in [0.29, 0.717) is 18.4 Å². The normalized spacial score (nSPS) is 12.0. The second-order valence-corrected chi connectivity index (χ2v) is 7.49. The first-order chi connectivity index (χ1) is 11.0. The molecule has 0 bridgehead atoms. The van der Waals surface area contributed by atoms with Gasteiger partial charge in [-0.25, -0.2) is 4.98 Å². The van der Waals surface area contributed by atoms with Gasteiger partial charge in [0, 0.05) is 17.5 Å². The van der Waals surface area contributed by atoms with Crippen molar-refractivity contribution in [2.24, 2.45) is 5.73 Å². The van der Waals surface area contributed by atoms with Crippen molar-refractivity contribution in [3.8, 4) is 11.3 Å². The fourth-order valence-electron chi connectivity index (χ4n) is 3.01. The molecule has 0 aliphatic heterocycles. The summed E-state index contributed by atoms with van der Waals surface area (Å²) in [7, 11) is 0. The Morgan fingerprint density at radius 3 is 2.35 bits per heavy atom. The van der Waals surface area contributed by atoms with Crippen LogP contribution in [0.1, 0.15) is 56.5 Å². The number of nitrogens with zero attached hydrogens (tertiary/aromatic N) is 2. The summed E-state index contributed by atoms with van der Waals surface area (Å²) in [5, 5.41) is 2.21. The van der Waals surface area contributed by atoms with Crippen LogP contribution in [0.25, 0.3) is 16.2 Å². The van der Waals surface area contributed by atoms with Crippen LogP contribution in [0.4, 0.5) is 0 Å². The van der Waals surface area contributed by atoms with Gasteiger partial charge in [0.1, 0.15) is 0 Å². The van der Waals surface area contributed by atoms with Crippen molar-refractivity contribution >= 4 is 16.3 Å². The molecular weight excluding hydrogens is 302 g/mol. The van der Waals surface area contributed by atoms with Gasteiger partial charge in [-0.3, -0.25) is 4.40 Å². The molecule has 0 aliphatic rings. The van der Waals surface area contributed by atoms with E-state index in [4.69, 9.17) is 10.7 Å². The summed E-state index contributed by atoms with van der Waals surface area (Å²) < 4.78 is 2.30. The number of hydrogen-bond donors (Lipinski definition) is 1. The van der Waals surface area contributed by atoms with Crippen LogP contribution in [-0.2, 0) is 6.42 Å². The number of thiazole rings is 1. The number of hydrogen-bond acceptors (Lipinski definition) is 3. The van der Waals surface area contributed by atoms with Crippen LogP contribution < -0.4 is 5.73 Å². The minimum atomic E-state index is 0.416. The van der Waals surface area contributed by atoms with E-state index in [0.717, 1.165) is 11.4 Å². The zero-order chi connectivity index (χ0) is 16.6. The largest absolute Gasteiger partial charge is 0.330 e. The van der Waals surface area contributed by atoms with Gasteiger partial charge in [-0.05, 0) is 29.5 Å². The summed E-state index contributed by atoms with van der Waals surface area (Å²) in [5.74, 6) is 0.972. The standard InChI is InChI=1S/C19H25N3S/c1-12(2)14-5-7-15(8-6-14)17-11-23-19-21-18(13(3)4)16(9-10-20)22(17)19/h5-8,11-13H,9-10,20H2,1-4H3. The van der Waals surface area contributed by atoms with Crippen molar-refractivity contribution in [3.63, 3.8) is 0 Å². The van der Waals surface area contributed by atoms with Gasteiger partial charge < -0.3 is 5.73 Å². The Kier molecular flexibility index (Phi) is 4.55. The van der Waals surface area contributed by atoms with Crippen LogP contribution >= 0.6 is 11.3 Å². The van der Waals surface area contributed by atoms with Crippen LogP contribution in [0.3, 0.4) is 0 Å². The number of aromatic nitrogens is 2. The molecule has 0 atom stereocenters. The second kappa shape index (κ2) is 6.46. The monoisotopic (exact) mass is 327 g/mol. The number of rotatable bonds is 5. The number of benzene rings is 1. The van der Waals surface area contributed by atoms with Gasteiger partial charge in [0.25, 0.3) is 0 Å². The predicted octanol–water partition coefficient (Wildman–Crippen LogP) is 4.81. The molecule has 2 aromatic heterocycles. The summed E-state index contributed by atoms with van der Waals surface area (Å²) in [5.41, 5.74) is 12.1. The average molecular weight is 327 g/mol. The third-order valence-corrected chi connectivity index (χ3v) is 5.12. The summed E-state index contributed by atoms with van der Waals surface area (Å²) in [6, 6.07) is 8.90. The Bertz CT molecular complexity index is 794. The highest BCUT2D eigenvalue weighted by atomic mass is 32.1. The number of nitrogens with two attached hydrogens (primary N) is 1. The maximum atomic E-state index is 5.85. The minimum absolute atomic E-state index is 0.416. The molecule has 3 aromatic rings. The van der Waals surface area contributed by atoms with E-state index in [1.54, 1.807) is 11.3 Å². The SMILES string of the molecule is CC(C)c1ccc(-c2csc3nc(C(C)C)c(CCN)n23)cc1. The molecule has 0 radical (unpaired) electrons. The van der Waals surface area contributed by atoms with Gasteiger partial charge in [0.2, 0.25) is 0 Å².